The quantitative estimate of drug-likeness (QED) is 0.602. The third-order valence-electron chi connectivity index (χ3n) is 1.83. The third-order valence-corrected chi connectivity index (χ3v) is 1.83. The van der Waals surface area contributed by atoms with E-state index in [1.807, 2.05) is 0 Å². The smallest absolute Gasteiger partial charge is 0.433 e. The number of nitrogens with two attached hydrogens (primary N) is 1. The van der Waals surface area contributed by atoms with E-state index in [9.17, 15) is 10.1 Å². The van der Waals surface area contributed by atoms with E-state index in [-0.39, 0.29) is 18.2 Å². The second-order valence-electron chi connectivity index (χ2n) is 2.73. The van der Waals surface area contributed by atoms with Crippen LogP contribution in [-0.4, -0.2) is 9.91 Å². The van der Waals surface area contributed by atoms with E-state index in [2.05, 4.69) is 4.98 Å². The molecule has 0 saturated heterocycles. The number of rotatable bonds is 3. The number of aromatic nitrogens is 1. The number of nitrogens with zero attached hydrogens (tertiary/aromatic N) is 2. The van der Waals surface area contributed by atoms with Crippen LogP contribution in [0.1, 0.15) is 5.69 Å². The molecule has 0 bridgehead atoms. The molecule has 2 rings (SSSR count). The standard InChI is InChI=1S/C8H7N3O4/c9-3-5-8(14-4-10-5)6-1-2-7(15-6)11(12)13/h1-2,4H,3,9H2. The lowest BCUT2D eigenvalue weighted by Gasteiger charge is -1.92. The van der Waals surface area contributed by atoms with Crippen molar-refractivity contribution in [2.45, 2.75) is 6.54 Å². The van der Waals surface area contributed by atoms with Gasteiger partial charge in [-0.3, -0.25) is 10.1 Å². The second kappa shape index (κ2) is 3.54. The Kier molecular flexibility index (Phi) is 2.22. The zero-order valence-electron chi connectivity index (χ0n) is 7.54. The van der Waals surface area contributed by atoms with Crippen molar-refractivity contribution in [2.24, 2.45) is 5.73 Å². The van der Waals surface area contributed by atoms with Crippen molar-refractivity contribution < 1.29 is 13.8 Å². The van der Waals surface area contributed by atoms with Crippen molar-refractivity contribution in [1.29, 1.82) is 0 Å². The molecule has 0 atom stereocenters. The highest BCUT2D eigenvalue weighted by Crippen LogP contribution is 2.27. The molecule has 0 fully saturated rings. The molecule has 78 valence electrons. The summed E-state index contributed by atoms with van der Waals surface area (Å²) in [6, 6.07) is 2.69. The van der Waals surface area contributed by atoms with Crippen LogP contribution < -0.4 is 5.73 Å². The second-order valence-corrected chi connectivity index (χ2v) is 2.73. The largest absolute Gasteiger partial charge is 0.440 e. The highest BCUT2D eigenvalue weighted by molar-refractivity contribution is 5.54. The van der Waals surface area contributed by atoms with Crippen LogP contribution in [0.15, 0.2) is 27.4 Å². The maximum Gasteiger partial charge on any atom is 0.433 e. The number of furan rings is 1. The monoisotopic (exact) mass is 209 g/mol. The first-order chi connectivity index (χ1) is 7.22. The van der Waals surface area contributed by atoms with Gasteiger partial charge >= 0.3 is 5.88 Å². The summed E-state index contributed by atoms with van der Waals surface area (Å²) >= 11 is 0. The molecule has 2 heterocycles. The normalized spacial score (nSPS) is 10.5. The Hall–Kier alpha value is -2.15. The van der Waals surface area contributed by atoms with Gasteiger partial charge in [0.2, 0.25) is 0 Å². The molecule has 0 spiro atoms. The van der Waals surface area contributed by atoms with E-state index in [1.54, 1.807) is 0 Å². The SMILES string of the molecule is NCc1ncoc1-c1ccc([N+](=O)[O-])o1. The van der Waals surface area contributed by atoms with Gasteiger partial charge in [-0.2, -0.15) is 0 Å². The van der Waals surface area contributed by atoms with E-state index in [4.69, 9.17) is 14.6 Å². The molecule has 0 aliphatic heterocycles. The summed E-state index contributed by atoms with van der Waals surface area (Å²) in [6.07, 6.45) is 1.21. The van der Waals surface area contributed by atoms with Crippen molar-refractivity contribution in [2.75, 3.05) is 0 Å². The average molecular weight is 209 g/mol. The summed E-state index contributed by atoms with van der Waals surface area (Å²) in [5, 5.41) is 10.4. The van der Waals surface area contributed by atoms with Crippen molar-refractivity contribution in [1.82, 2.24) is 4.98 Å². The van der Waals surface area contributed by atoms with Crippen molar-refractivity contribution >= 4 is 5.88 Å². The number of oxazole rings is 1. The summed E-state index contributed by atoms with van der Waals surface area (Å²) in [7, 11) is 0. The minimum absolute atomic E-state index is 0.181. The lowest BCUT2D eigenvalue weighted by molar-refractivity contribution is -0.401. The molecule has 0 unspecified atom stereocenters. The maximum absolute atomic E-state index is 10.4. The minimum atomic E-state index is -0.623. The van der Waals surface area contributed by atoms with Gasteiger partial charge in [0, 0.05) is 6.54 Å². The fourth-order valence-electron chi connectivity index (χ4n) is 1.16. The van der Waals surface area contributed by atoms with Gasteiger partial charge in [-0.1, -0.05) is 0 Å². The van der Waals surface area contributed by atoms with Gasteiger partial charge in [-0.25, -0.2) is 4.98 Å². The van der Waals surface area contributed by atoms with Crippen LogP contribution in [0.25, 0.3) is 11.5 Å². The predicted molar refractivity (Wildman–Crippen MR) is 48.8 cm³/mol. The van der Waals surface area contributed by atoms with E-state index in [1.165, 1.54) is 18.5 Å². The molecular formula is C8H7N3O4. The van der Waals surface area contributed by atoms with E-state index in [0.29, 0.717) is 11.5 Å². The lowest BCUT2D eigenvalue weighted by Crippen LogP contribution is -1.97. The molecule has 15 heavy (non-hydrogen) atoms. The van der Waals surface area contributed by atoms with Crippen LogP contribution in [0.3, 0.4) is 0 Å². The molecule has 2 N–H and O–H groups in total. The number of hydrogen-bond acceptors (Lipinski definition) is 6. The molecule has 0 saturated carbocycles. The first kappa shape index (κ1) is 9.41. The zero-order valence-corrected chi connectivity index (χ0v) is 7.54. The van der Waals surface area contributed by atoms with Crippen molar-refractivity contribution in [3.63, 3.8) is 0 Å². The van der Waals surface area contributed by atoms with Crippen molar-refractivity contribution in [3.8, 4) is 11.5 Å². The van der Waals surface area contributed by atoms with Gasteiger partial charge in [0.05, 0.1) is 6.07 Å². The van der Waals surface area contributed by atoms with Gasteiger partial charge in [-0.15, -0.1) is 0 Å². The summed E-state index contributed by atoms with van der Waals surface area (Å²) in [5.74, 6) is 0.231. The third kappa shape index (κ3) is 1.59. The summed E-state index contributed by atoms with van der Waals surface area (Å²) in [4.78, 5) is 13.6. The van der Waals surface area contributed by atoms with Crippen LogP contribution in [0.5, 0.6) is 0 Å². The van der Waals surface area contributed by atoms with E-state index < -0.39 is 4.92 Å². The molecule has 2 aromatic rings. The van der Waals surface area contributed by atoms with E-state index in [0.717, 1.165) is 0 Å². The highest BCUT2D eigenvalue weighted by Gasteiger charge is 2.18. The molecule has 0 radical (unpaired) electrons. The van der Waals surface area contributed by atoms with Crippen LogP contribution in [0.2, 0.25) is 0 Å². The molecule has 2 aromatic heterocycles. The van der Waals surface area contributed by atoms with Crippen LogP contribution >= 0.6 is 0 Å². The molecule has 0 aromatic carbocycles. The first-order valence-electron chi connectivity index (χ1n) is 4.09. The van der Waals surface area contributed by atoms with Gasteiger partial charge in [0.1, 0.15) is 10.6 Å². The number of hydrogen-bond donors (Lipinski definition) is 1. The van der Waals surface area contributed by atoms with Crippen molar-refractivity contribution in [3.05, 3.63) is 34.3 Å². The number of nitro groups is 1. The molecular weight excluding hydrogens is 202 g/mol. The van der Waals surface area contributed by atoms with Crippen LogP contribution in [0, 0.1) is 10.1 Å². The molecule has 7 nitrogen and oxygen atoms in total. The van der Waals surface area contributed by atoms with Crippen LogP contribution in [-0.2, 0) is 6.54 Å². The van der Waals surface area contributed by atoms with Gasteiger partial charge < -0.3 is 14.6 Å². The summed E-state index contributed by atoms with van der Waals surface area (Å²) in [5.41, 5.74) is 5.90. The highest BCUT2D eigenvalue weighted by atomic mass is 16.6. The van der Waals surface area contributed by atoms with E-state index >= 15 is 0 Å². The van der Waals surface area contributed by atoms with Gasteiger partial charge in [0.25, 0.3) is 0 Å². The zero-order chi connectivity index (χ0) is 10.8. The molecule has 0 aliphatic rings. The van der Waals surface area contributed by atoms with Crippen LogP contribution in [0.4, 0.5) is 5.88 Å². The maximum atomic E-state index is 10.4. The first-order valence-corrected chi connectivity index (χ1v) is 4.09. The Morgan fingerprint density at radius 3 is 2.93 bits per heavy atom. The fourth-order valence-corrected chi connectivity index (χ4v) is 1.16. The Bertz CT molecular complexity index is 488. The van der Waals surface area contributed by atoms with Gasteiger partial charge in [0.15, 0.2) is 17.9 Å². The fraction of sp³-hybridized carbons (Fsp3) is 0.125. The molecule has 0 aliphatic carbocycles. The Labute approximate surface area is 83.7 Å². The minimum Gasteiger partial charge on any atom is -0.440 e. The predicted octanol–water partition coefficient (Wildman–Crippen LogP) is 1.30. The Morgan fingerprint density at radius 2 is 2.33 bits per heavy atom. The van der Waals surface area contributed by atoms with Gasteiger partial charge in [-0.05, 0) is 6.07 Å². The lowest BCUT2D eigenvalue weighted by atomic mass is 10.3. The summed E-state index contributed by atoms with van der Waals surface area (Å²) < 4.78 is 9.97. The summed E-state index contributed by atoms with van der Waals surface area (Å²) in [6.45, 7) is 0.181. The topological polar surface area (TPSA) is 108 Å². The molecule has 0 amide bonds. The Balaban J connectivity index is 2.41. The Morgan fingerprint density at radius 1 is 1.53 bits per heavy atom. The average Bonchev–Trinajstić information content (AvgIpc) is 2.85. The molecule has 7 heteroatoms.